The van der Waals surface area contributed by atoms with E-state index < -0.39 is 0 Å². The Morgan fingerprint density at radius 2 is 1.56 bits per heavy atom. The maximum absolute atomic E-state index is 6.42. The summed E-state index contributed by atoms with van der Waals surface area (Å²) in [6.07, 6.45) is 0. The lowest BCUT2D eigenvalue weighted by Gasteiger charge is -2.14. The Labute approximate surface area is 178 Å². The Hall–Kier alpha value is -1.68. The van der Waals surface area contributed by atoms with Crippen molar-refractivity contribution in [2.45, 2.75) is 27.0 Å². The number of ether oxygens (including phenoxy) is 1. The first-order valence-electron chi connectivity index (χ1n) is 8.58. The lowest BCUT2D eigenvalue weighted by molar-refractivity contribution is 0.306. The molecule has 0 aliphatic rings. The fourth-order valence-corrected chi connectivity index (χ4v) is 3.70. The van der Waals surface area contributed by atoms with Gasteiger partial charge in [0.1, 0.15) is 6.61 Å². The van der Waals surface area contributed by atoms with Crippen LogP contribution >= 0.6 is 39.1 Å². The zero-order chi connectivity index (χ0) is 19.4. The van der Waals surface area contributed by atoms with Crippen LogP contribution in [0.5, 0.6) is 5.75 Å². The van der Waals surface area contributed by atoms with E-state index in [0.29, 0.717) is 28.9 Å². The van der Waals surface area contributed by atoms with Crippen LogP contribution in [0.2, 0.25) is 10.0 Å². The molecule has 0 fully saturated rings. The van der Waals surface area contributed by atoms with E-state index in [1.54, 1.807) is 0 Å². The summed E-state index contributed by atoms with van der Waals surface area (Å²) in [5, 5.41) is 4.45. The second-order valence-electron chi connectivity index (χ2n) is 6.48. The third-order valence-corrected chi connectivity index (χ3v) is 5.31. The van der Waals surface area contributed by atoms with Crippen molar-refractivity contribution in [3.05, 3.63) is 91.4 Å². The summed E-state index contributed by atoms with van der Waals surface area (Å²) in [5.41, 5.74) is 5.60. The number of hydrogen-bond acceptors (Lipinski definition) is 2. The minimum Gasteiger partial charge on any atom is -0.486 e. The van der Waals surface area contributed by atoms with Crippen LogP contribution in [-0.2, 0) is 13.2 Å². The highest BCUT2D eigenvalue weighted by Crippen LogP contribution is 2.35. The number of rotatable bonds is 6. The van der Waals surface area contributed by atoms with Crippen LogP contribution in [-0.4, -0.2) is 0 Å². The Morgan fingerprint density at radius 3 is 2.19 bits per heavy atom. The van der Waals surface area contributed by atoms with E-state index in [1.807, 2.05) is 36.4 Å². The van der Waals surface area contributed by atoms with Crippen molar-refractivity contribution in [3.63, 3.8) is 0 Å². The number of benzene rings is 3. The molecule has 27 heavy (non-hydrogen) atoms. The number of nitrogens with one attached hydrogen (secondary N) is 1. The average Bonchev–Trinajstić information content (AvgIpc) is 2.62. The Morgan fingerprint density at radius 1 is 0.889 bits per heavy atom. The van der Waals surface area contributed by atoms with E-state index >= 15 is 0 Å². The SMILES string of the molecule is Cc1ccc(NCc2cc(Cl)c(OCc3ccc(Br)cc3)c(Cl)c2)c(C)c1. The van der Waals surface area contributed by atoms with Gasteiger partial charge in [0.25, 0.3) is 0 Å². The molecule has 0 saturated carbocycles. The summed E-state index contributed by atoms with van der Waals surface area (Å²) in [7, 11) is 0. The molecular weight excluding hydrogens is 445 g/mol. The molecule has 3 rings (SSSR count). The summed E-state index contributed by atoms with van der Waals surface area (Å²) in [6, 6.07) is 18.1. The van der Waals surface area contributed by atoms with E-state index in [2.05, 4.69) is 53.3 Å². The van der Waals surface area contributed by atoms with Crippen LogP contribution < -0.4 is 10.1 Å². The summed E-state index contributed by atoms with van der Waals surface area (Å²) in [4.78, 5) is 0. The first-order chi connectivity index (χ1) is 12.9. The second-order valence-corrected chi connectivity index (χ2v) is 8.21. The summed E-state index contributed by atoms with van der Waals surface area (Å²) >= 11 is 16.3. The van der Waals surface area contributed by atoms with Crippen molar-refractivity contribution >= 4 is 44.8 Å². The van der Waals surface area contributed by atoms with Gasteiger partial charge < -0.3 is 10.1 Å². The van der Waals surface area contributed by atoms with Gasteiger partial charge in [-0.1, -0.05) is 69.0 Å². The summed E-state index contributed by atoms with van der Waals surface area (Å²) in [5.74, 6) is 0.511. The molecule has 5 heteroatoms. The minimum atomic E-state index is 0.410. The summed E-state index contributed by atoms with van der Waals surface area (Å²) < 4.78 is 6.87. The van der Waals surface area contributed by atoms with Crippen LogP contribution in [0.4, 0.5) is 5.69 Å². The lowest BCUT2D eigenvalue weighted by atomic mass is 10.1. The third-order valence-electron chi connectivity index (χ3n) is 4.22. The average molecular weight is 465 g/mol. The number of aryl methyl sites for hydroxylation is 2. The van der Waals surface area contributed by atoms with Gasteiger partial charge in [0, 0.05) is 16.7 Å². The van der Waals surface area contributed by atoms with Crippen molar-refractivity contribution in [2.24, 2.45) is 0 Å². The Balaban J connectivity index is 1.67. The molecule has 0 aliphatic carbocycles. The first kappa shape index (κ1) is 20.1. The van der Waals surface area contributed by atoms with Crippen LogP contribution in [0.3, 0.4) is 0 Å². The van der Waals surface area contributed by atoms with E-state index in [-0.39, 0.29) is 0 Å². The molecule has 0 aromatic heterocycles. The molecule has 3 aromatic rings. The molecule has 0 spiro atoms. The van der Waals surface area contributed by atoms with Crippen molar-refractivity contribution in [3.8, 4) is 5.75 Å². The standard InChI is InChI=1S/C22H20BrCl2NO/c1-14-3-8-21(15(2)9-14)26-12-17-10-19(24)22(20(25)11-17)27-13-16-4-6-18(23)7-5-16/h3-11,26H,12-13H2,1-2H3. The molecule has 0 saturated heterocycles. The molecule has 0 aliphatic heterocycles. The van der Waals surface area contributed by atoms with Gasteiger partial charge >= 0.3 is 0 Å². The van der Waals surface area contributed by atoms with Gasteiger partial charge in [-0.25, -0.2) is 0 Å². The van der Waals surface area contributed by atoms with E-state index in [0.717, 1.165) is 21.3 Å². The normalized spacial score (nSPS) is 10.7. The van der Waals surface area contributed by atoms with Gasteiger partial charge in [-0.3, -0.25) is 0 Å². The smallest absolute Gasteiger partial charge is 0.156 e. The van der Waals surface area contributed by atoms with Crippen molar-refractivity contribution in [1.82, 2.24) is 0 Å². The highest BCUT2D eigenvalue weighted by atomic mass is 79.9. The predicted octanol–water partition coefficient (Wildman–Crippen LogP) is 7.56. The zero-order valence-corrected chi connectivity index (χ0v) is 18.3. The van der Waals surface area contributed by atoms with E-state index in [9.17, 15) is 0 Å². The highest BCUT2D eigenvalue weighted by molar-refractivity contribution is 9.10. The van der Waals surface area contributed by atoms with Crippen LogP contribution in [0.25, 0.3) is 0 Å². The molecule has 0 radical (unpaired) electrons. The van der Waals surface area contributed by atoms with Crippen molar-refractivity contribution in [1.29, 1.82) is 0 Å². The molecule has 140 valence electrons. The molecule has 3 aromatic carbocycles. The molecular formula is C22H20BrCl2NO. The van der Waals surface area contributed by atoms with Gasteiger partial charge in [-0.2, -0.15) is 0 Å². The van der Waals surface area contributed by atoms with Crippen LogP contribution in [0.1, 0.15) is 22.3 Å². The number of halogens is 3. The molecule has 2 nitrogen and oxygen atoms in total. The first-order valence-corrected chi connectivity index (χ1v) is 10.1. The molecule has 0 amide bonds. The maximum atomic E-state index is 6.42. The quantitative estimate of drug-likeness (QED) is 0.406. The Bertz CT molecular complexity index is 919. The number of anilines is 1. The fraction of sp³-hybridized carbons (Fsp3) is 0.182. The number of hydrogen-bond donors (Lipinski definition) is 1. The second kappa shape index (κ2) is 9.01. The lowest BCUT2D eigenvalue weighted by Crippen LogP contribution is -2.02. The van der Waals surface area contributed by atoms with Crippen molar-refractivity contribution < 1.29 is 4.74 Å². The van der Waals surface area contributed by atoms with Crippen LogP contribution in [0, 0.1) is 13.8 Å². The molecule has 0 atom stereocenters. The van der Waals surface area contributed by atoms with Crippen LogP contribution in [0.15, 0.2) is 59.1 Å². The maximum Gasteiger partial charge on any atom is 0.156 e. The third kappa shape index (κ3) is 5.41. The van der Waals surface area contributed by atoms with Gasteiger partial charge in [0.2, 0.25) is 0 Å². The largest absolute Gasteiger partial charge is 0.486 e. The van der Waals surface area contributed by atoms with Crippen molar-refractivity contribution in [2.75, 3.05) is 5.32 Å². The topological polar surface area (TPSA) is 21.3 Å². The highest BCUT2D eigenvalue weighted by Gasteiger charge is 2.11. The van der Waals surface area contributed by atoms with Gasteiger partial charge in [0.05, 0.1) is 10.0 Å². The molecule has 1 N–H and O–H groups in total. The molecule has 0 bridgehead atoms. The monoisotopic (exact) mass is 463 g/mol. The fourth-order valence-electron chi connectivity index (χ4n) is 2.80. The minimum absolute atomic E-state index is 0.410. The van der Waals surface area contributed by atoms with Gasteiger partial charge in [-0.05, 0) is 60.9 Å². The van der Waals surface area contributed by atoms with E-state index in [1.165, 1.54) is 11.1 Å². The molecule has 0 heterocycles. The van der Waals surface area contributed by atoms with Gasteiger partial charge in [-0.15, -0.1) is 0 Å². The van der Waals surface area contributed by atoms with Gasteiger partial charge in [0.15, 0.2) is 5.75 Å². The zero-order valence-electron chi connectivity index (χ0n) is 15.2. The predicted molar refractivity (Wildman–Crippen MR) is 118 cm³/mol. The summed E-state index contributed by atoms with van der Waals surface area (Å²) in [6.45, 7) is 5.22. The molecule has 0 unspecified atom stereocenters. The van der Waals surface area contributed by atoms with E-state index in [4.69, 9.17) is 27.9 Å². The Kier molecular flexibility index (Phi) is 6.69.